The molecule has 17 nitrogen and oxygen atoms in total. The van der Waals surface area contributed by atoms with Gasteiger partial charge >= 0.3 is 39.5 Å². The second-order valence-corrected chi connectivity index (χ2v) is 30.7. The monoisotopic (exact) mass is 1350 g/mol. The lowest BCUT2D eigenvalue weighted by molar-refractivity contribution is -0.161. The predicted octanol–water partition coefficient (Wildman–Crippen LogP) is 21.0. The summed E-state index contributed by atoms with van der Waals surface area (Å²) in [5.41, 5.74) is 0. The molecule has 5 atom stereocenters. The van der Waals surface area contributed by atoms with Crippen LogP contribution in [0.25, 0.3) is 0 Å². The summed E-state index contributed by atoms with van der Waals surface area (Å²) in [6, 6.07) is 0. The lowest BCUT2D eigenvalue weighted by Gasteiger charge is -2.21. The average molecular weight is 1350 g/mol. The second kappa shape index (κ2) is 63.8. The Morgan fingerprint density at radius 3 is 0.739 bits per heavy atom. The van der Waals surface area contributed by atoms with Crippen molar-refractivity contribution in [2.24, 2.45) is 17.8 Å². The summed E-state index contributed by atoms with van der Waals surface area (Å²) in [6.45, 7) is 11.8. The molecule has 0 aromatic rings. The van der Waals surface area contributed by atoms with E-state index < -0.39 is 97.5 Å². The molecule has 2 unspecified atom stereocenters. The zero-order chi connectivity index (χ0) is 68.0. The van der Waals surface area contributed by atoms with E-state index in [9.17, 15) is 43.2 Å². The molecule has 0 spiro atoms. The van der Waals surface area contributed by atoms with Gasteiger partial charge in [0.25, 0.3) is 0 Å². The van der Waals surface area contributed by atoms with Gasteiger partial charge in [-0.2, -0.15) is 0 Å². The molecule has 0 saturated heterocycles. The number of rotatable bonds is 71. The Balaban J connectivity index is 5.23. The molecule has 92 heavy (non-hydrogen) atoms. The first kappa shape index (κ1) is 90.1. The van der Waals surface area contributed by atoms with Crippen LogP contribution in [0.15, 0.2) is 0 Å². The minimum absolute atomic E-state index is 0.104. The van der Waals surface area contributed by atoms with E-state index in [0.717, 1.165) is 108 Å². The number of hydrogen-bond acceptors (Lipinski definition) is 15. The van der Waals surface area contributed by atoms with E-state index >= 15 is 0 Å². The summed E-state index contributed by atoms with van der Waals surface area (Å²) in [4.78, 5) is 72.6. The van der Waals surface area contributed by atoms with Crippen molar-refractivity contribution in [1.82, 2.24) is 0 Å². The molecule has 0 aliphatic rings. The standard InChI is InChI=1S/C73H142O17P2/c1-8-9-10-11-12-13-14-18-22-27-32-40-47-54-70(75)83-60-68(89-72(77)56-49-42-33-28-23-20-17-15-16-19-21-25-30-37-44-51-64(2)3)62-87-91(79,80)85-58-67(74)59-86-92(81,82)88-63-69(61-84-71(76)55-48-41-36-35-39-46-53-66(6)7)90-73(78)57-50-43-34-29-24-26-31-38-45-52-65(4)5/h64-69,74H,8-63H2,1-7H3,(H,79,80)(H,81,82)/t67-,68-,69-/m1/s1. The second-order valence-electron chi connectivity index (χ2n) is 27.8. The highest BCUT2D eigenvalue weighted by atomic mass is 31.2. The lowest BCUT2D eigenvalue weighted by atomic mass is 10.0. The van der Waals surface area contributed by atoms with Crippen molar-refractivity contribution in [2.75, 3.05) is 39.6 Å². The number of carbonyl (C=O) groups is 4. The highest BCUT2D eigenvalue weighted by Gasteiger charge is 2.30. The summed E-state index contributed by atoms with van der Waals surface area (Å²) in [5, 5.41) is 10.6. The summed E-state index contributed by atoms with van der Waals surface area (Å²) in [5.74, 6) is 0.0949. The molecule has 0 radical (unpaired) electrons. The van der Waals surface area contributed by atoms with E-state index in [2.05, 4.69) is 48.5 Å². The average Bonchev–Trinajstić information content (AvgIpc) is 1.47. The Hall–Kier alpha value is -1.94. The summed E-state index contributed by atoms with van der Waals surface area (Å²) in [7, 11) is -9.91. The number of aliphatic hydroxyl groups excluding tert-OH is 1. The molecule has 19 heteroatoms. The molecule has 0 aliphatic heterocycles. The minimum atomic E-state index is -4.95. The molecule has 0 aliphatic carbocycles. The first-order chi connectivity index (χ1) is 44.2. The molecule has 0 bridgehead atoms. The van der Waals surface area contributed by atoms with Gasteiger partial charge in [0, 0.05) is 25.7 Å². The fourth-order valence-electron chi connectivity index (χ4n) is 11.1. The lowest BCUT2D eigenvalue weighted by Crippen LogP contribution is -2.30. The van der Waals surface area contributed by atoms with E-state index in [0.29, 0.717) is 31.6 Å². The number of unbranched alkanes of at least 4 members (excludes halogenated alkanes) is 39. The molecular weight excluding hydrogens is 1210 g/mol. The number of aliphatic hydroxyl groups is 1. The fourth-order valence-corrected chi connectivity index (χ4v) is 12.7. The van der Waals surface area contributed by atoms with Crippen molar-refractivity contribution in [3.8, 4) is 0 Å². The van der Waals surface area contributed by atoms with E-state index in [1.165, 1.54) is 173 Å². The third-order valence-corrected chi connectivity index (χ3v) is 18.8. The maximum absolute atomic E-state index is 13.1. The van der Waals surface area contributed by atoms with Gasteiger partial charge in [-0.3, -0.25) is 37.3 Å². The number of hydrogen-bond donors (Lipinski definition) is 3. The molecule has 0 fully saturated rings. The fraction of sp³-hybridized carbons (Fsp3) is 0.945. The number of esters is 4. The highest BCUT2D eigenvalue weighted by molar-refractivity contribution is 7.47. The molecule has 0 heterocycles. The van der Waals surface area contributed by atoms with Crippen LogP contribution < -0.4 is 0 Å². The van der Waals surface area contributed by atoms with Crippen molar-refractivity contribution in [2.45, 2.75) is 388 Å². The maximum atomic E-state index is 13.1. The van der Waals surface area contributed by atoms with Crippen LogP contribution in [0.2, 0.25) is 0 Å². The van der Waals surface area contributed by atoms with Crippen molar-refractivity contribution in [1.29, 1.82) is 0 Å². The van der Waals surface area contributed by atoms with Crippen molar-refractivity contribution in [3.63, 3.8) is 0 Å². The van der Waals surface area contributed by atoms with Gasteiger partial charge in [0.2, 0.25) is 0 Å². The smallest absolute Gasteiger partial charge is 0.462 e. The van der Waals surface area contributed by atoms with Crippen molar-refractivity contribution in [3.05, 3.63) is 0 Å². The molecule has 0 saturated carbocycles. The molecule has 0 aromatic carbocycles. The van der Waals surface area contributed by atoms with Crippen LogP contribution in [-0.4, -0.2) is 96.7 Å². The van der Waals surface area contributed by atoms with Gasteiger partial charge in [0.1, 0.15) is 19.3 Å². The predicted molar refractivity (Wildman–Crippen MR) is 372 cm³/mol. The van der Waals surface area contributed by atoms with Crippen LogP contribution in [0.1, 0.15) is 370 Å². The first-order valence-corrected chi connectivity index (χ1v) is 40.8. The summed E-state index contributed by atoms with van der Waals surface area (Å²) in [6.07, 6.45) is 48.7. The third kappa shape index (κ3) is 66.7. The number of ether oxygens (including phenoxy) is 4. The van der Waals surface area contributed by atoms with E-state index in [-0.39, 0.29) is 25.7 Å². The number of phosphoric ester groups is 2. The topological polar surface area (TPSA) is 237 Å². The van der Waals surface area contributed by atoms with Gasteiger partial charge in [-0.05, 0) is 43.4 Å². The Kier molecular flexibility index (Phi) is 62.4. The SMILES string of the molecule is CCCCCCCCCCCCCCCC(=O)OC[C@H](COP(=O)(O)OC[C@@H](O)COP(=O)(O)OC[C@@H](COC(=O)CCCCCCCCC(C)C)OC(=O)CCCCCCCCCCCC(C)C)OC(=O)CCCCCCCCCCCCCCCCCC(C)C. The third-order valence-electron chi connectivity index (χ3n) is 16.9. The van der Waals surface area contributed by atoms with Crippen LogP contribution in [0.4, 0.5) is 0 Å². The molecule has 546 valence electrons. The molecule has 0 aromatic heterocycles. The van der Waals surface area contributed by atoms with Crippen LogP contribution in [0, 0.1) is 17.8 Å². The van der Waals surface area contributed by atoms with E-state index in [4.69, 9.17) is 37.0 Å². The van der Waals surface area contributed by atoms with E-state index in [1.54, 1.807) is 0 Å². The van der Waals surface area contributed by atoms with Crippen LogP contribution in [-0.2, 0) is 65.4 Å². The van der Waals surface area contributed by atoms with Crippen LogP contribution in [0.5, 0.6) is 0 Å². The maximum Gasteiger partial charge on any atom is 0.472 e. The number of carbonyl (C=O) groups excluding carboxylic acids is 4. The Bertz CT molecular complexity index is 1800. The van der Waals surface area contributed by atoms with Gasteiger partial charge in [0.05, 0.1) is 26.4 Å². The van der Waals surface area contributed by atoms with Gasteiger partial charge in [-0.1, -0.05) is 318 Å². The van der Waals surface area contributed by atoms with Gasteiger partial charge in [0.15, 0.2) is 12.2 Å². The normalized spacial score (nSPS) is 14.1. The zero-order valence-electron chi connectivity index (χ0n) is 60.0. The quantitative estimate of drug-likeness (QED) is 0.0222. The molecule has 0 amide bonds. The minimum Gasteiger partial charge on any atom is -0.462 e. The van der Waals surface area contributed by atoms with Crippen molar-refractivity contribution >= 4 is 39.5 Å². The number of phosphoric acid groups is 2. The van der Waals surface area contributed by atoms with E-state index in [1.807, 2.05) is 0 Å². The zero-order valence-corrected chi connectivity index (χ0v) is 61.8. The van der Waals surface area contributed by atoms with Crippen molar-refractivity contribution < 1.29 is 80.2 Å². The van der Waals surface area contributed by atoms with Crippen LogP contribution >= 0.6 is 15.6 Å². The summed E-state index contributed by atoms with van der Waals surface area (Å²) < 4.78 is 68.4. The van der Waals surface area contributed by atoms with Crippen LogP contribution in [0.3, 0.4) is 0 Å². The first-order valence-electron chi connectivity index (χ1n) is 37.8. The highest BCUT2D eigenvalue weighted by Crippen LogP contribution is 2.45. The Morgan fingerprint density at radius 1 is 0.293 bits per heavy atom. The molecule has 3 N–H and O–H groups in total. The largest absolute Gasteiger partial charge is 0.472 e. The Morgan fingerprint density at radius 2 is 0.500 bits per heavy atom. The van der Waals surface area contributed by atoms with Gasteiger partial charge in [-0.25, -0.2) is 9.13 Å². The van der Waals surface area contributed by atoms with Gasteiger partial charge in [-0.15, -0.1) is 0 Å². The van der Waals surface area contributed by atoms with Gasteiger partial charge < -0.3 is 33.8 Å². The Labute approximate surface area is 562 Å². The summed E-state index contributed by atoms with van der Waals surface area (Å²) >= 11 is 0. The molecule has 0 rings (SSSR count). The molecular formula is C73H142O17P2.